The van der Waals surface area contributed by atoms with Gasteiger partial charge in [0, 0.05) is 20.2 Å². The summed E-state index contributed by atoms with van der Waals surface area (Å²) in [6, 6.07) is 0. The fourth-order valence-electron chi connectivity index (χ4n) is 0.561. The van der Waals surface area contributed by atoms with Crippen LogP contribution in [0.15, 0.2) is 0 Å². The molecule has 0 aromatic rings. The van der Waals surface area contributed by atoms with Gasteiger partial charge in [0.15, 0.2) is 0 Å². The molecule has 0 N–H and O–H groups in total. The minimum Gasteiger partial charge on any atom is -0.322 e. The van der Waals surface area contributed by atoms with Crippen molar-refractivity contribution in [2.75, 3.05) is 20.2 Å². The molecule has 0 rings (SSSR count). The molecule has 0 fully saturated rings. The lowest BCUT2D eigenvalue weighted by Gasteiger charge is -2.18. The molecule has 9 heavy (non-hydrogen) atoms. The van der Waals surface area contributed by atoms with E-state index in [-0.39, 0.29) is 0 Å². The molecule has 0 saturated heterocycles. The minimum absolute atomic E-state index is 0.715. The van der Waals surface area contributed by atoms with Crippen molar-refractivity contribution in [3.63, 3.8) is 0 Å². The van der Waals surface area contributed by atoms with Crippen LogP contribution in [0.1, 0.15) is 13.8 Å². The molecule has 0 aliphatic heterocycles. The third kappa shape index (κ3) is 3.09. The summed E-state index contributed by atoms with van der Waals surface area (Å²) in [4.78, 5) is 0. The van der Waals surface area contributed by atoms with Gasteiger partial charge in [0.05, 0.1) is 0 Å². The quantitative estimate of drug-likeness (QED) is 0.574. The normalized spacial score (nSPS) is 14.3. The highest BCUT2D eigenvalue weighted by Crippen LogP contribution is 2.41. The van der Waals surface area contributed by atoms with Crippen LogP contribution in [0.5, 0.6) is 0 Å². The molecular formula is C5H13FNOP. The van der Waals surface area contributed by atoms with Gasteiger partial charge in [-0.25, -0.2) is 4.67 Å². The fourth-order valence-corrected chi connectivity index (χ4v) is 1.24. The Hall–Kier alpha value is 0.280. The van der Waals surface area contributed by atoms with Crippen LogP contribution in [-0.2, 0) is 4.52 Å². The van der Waals surface area contributed by atoms with E-state index in [0.29, 0.717) is 13.1 Å². The Morgan fingerprint density at radius 1 is 1.44 bits per heavy atom. The summed E-state index contributed by atoms with van der Waals surface area (Å²) in [5.74, 6) is 0. The number of hydrogen-bond acceptors (Lipinski definition) is 2. The first-order chi connectivity index (χ1) is 4.26. The predicted molar refractivity (Wildman–Crippen MR) is 38.0 cm³/mol. The summed E-state index contributed by atoms with van der Waals surface area (Å²) < 4.78 is 18.7. The van der Waals surface area contributed by atoms with Crippen molar-refractivity contribution >= 4 is 8.61 Å². The lowest BCUT2D eigenvalue weighted by atomic mass is 10.7. The SMILES string of the molecule is CCN(CC)P(F)OC. The molecule has 0 aliphatic carbocycles. The van der Waals surface area contributed by atoms with Gasteiger partial charge in [0.1, 0.15) is 0 Å². The Balaban J connectivity index is 3.50. The van der Waals surface area contributed by atoms with Gasteiger partial charge >= 0.3 is 8.61 Å². The molecule has 0 spiro atoms. The van der Waals surface area contributed by atoms with Crippen molar-refractivity contribution in [3.8, 4) is 0 Å². The van der Waals surface area contributed by atoms with Gasteiger partial charge in [-0.05, 0) is 0 Å². The molecule has 0 saturated carbocycles. The summed E-state index contributed by atoms with van der Waals surface area (Å²) in [5.41, 5.74) is 0. The van der Waals surface area contributed by atoms with E-state index in [9.17, 15) is 4.20 Å². The maximum Gasteiger partial charge on any atom is 0.303 e. The van der Waals surface area contributed by atoms with E-state index >= 15 is 0 Å². The molecule has 4 heteroatoms. The Kier molecular flexibility index (Phi) is 5.25. The van der Waals surface area contributed by atoms with Crippen molar-refractivity contribution in [2.24, 2.45) is 0 Å². The van der Waals surface area contributed by atoms with Crippen LogP contribution in [-0.4, -0.2) is 24.9 Å². The van der Waals surface area contributed by atoms with Gasteiger partial charge in [0.25, 0.3) is 0 Å². The summed E-state index contributed by atoms with van der Waals surface area (Å²) in [6.07, 6.45) is 0. The van der Waals surface area contributed by atoms with Crippen molar-refractivity contribution in [2.45, 2.75) is 13.8 Å². The van der Waals surface area contributed by atoms with Crippen LogP contribution < -0.4 is 0 Å². The number of nitrogens with zero attached hydrogens (tertiary/aromatic N) is 1. The lowest BCUT2D eigenvalue weighted by Crippen LogP contribution is -2.15. The molecule has 2 nitrogen and oxygen atoms in total. The molecular weight excluding hydrogens is 140 g/mol. The van der Waals surface area contributed by atoms with Gasteiger partial charge in [-0.15, -0.1) is 0 Å². The smallest absolute Gasteiger partial charge is 0.303 e. The van der Waals surface area contributed by atoms with Crippen molar-refractivity contribution in [1.82, 2.24) is 4.67 Å². The van der Waals surface area contributed by atoms with E-state index in [4.69, 9.17) is 0 Å². The first-order valence-electron chi connectivity index (χ1n) is 3.01. The maximum atomic E-state index is 12.6. The Bertz CT molecular complexity index is 70.0. The monoisotopic (exact) mass is 153 g/mol. The Morgan fingerprint density at radius 2 is 1.89 bits per heavy atom. The number of hydrogen-bond donors (Lipinski definition) is 0. The summed E-state index contributed by atoms with van der Waals surface area (Å²) >= 11 is 0. The van der Waals surface area contributed by atoms with Crippen LogP contribution in [0.25, 0.3) is 0 Å². The standard InChI is InChI=1S/C5H13FNOP/c1-4-7(5-2)9(6)8-3/h4-5H2,1-3H3. The second-order valence-electron chi connectivity index (χ2n) is 1.55. The second-order valence-corrected chi connectivity index (χ2v) is 2.93. The third-order valence-corrected chi connectivity index (χ3v) is 2.41. The fraction of sp³-hybridized carbons (Fsp3) is 1.00. The highest BCUT2D eigenvalue weighted by Gasteiger charge is 2.12. The molecule has 1 unspecified atom stereocenters. The first-order valence-corrected chi connectivity index (χ1v) is 4.11. The molecule has 0 aromatic carbocycles. The van der Waals surface area contributed by atoms with E-state index < -0.39 is 8.61 Å². The molecule has 0 amide bonds. The highest BCUT2D eigenvalue weighted by atomic mass is 31.2. The summed E-state index contributed by atoms with van der Waals surface area (Å²) in [7, 11) is -0.416. The van der Waals surface area contributed by atoms with Gasteiger partial charge < -0.3 is 4.52 Å². The van der Waals surface area contributed by atoms with Gasteiger partial charge in [-0.1, -0.05) is 13.8 Å². The van der Waals surface area contributed by atoms with E-state index in [2.05, 4.69) is 4.52 Å². The van der Waals surface area contributed by atoms with E-state index in [1.165, 1.54) is 7.11 Å². The predicted octanol–water partition coefficient (Wildman–Crippen LogP) is 2.17. The van der Waals surface area contributed by atoms with Crippen molar-refractivity contribution in [1.29, 1.82) is 0 Å². The van der Waals surface area contributed by atoms with Crippen LogP contribution in [0.4, 0.5) is 4.20 Å². The summed E-state index contributed by atoms with van der Waals surface area (Å²) in [6.45, 7) is 5.26. The average Bonchev–Trinajstić information content (AvgIpc) is 1.90. The Morgan fingerprint density at radius 3 is 2.00 bits per heavy atom. The van der Waals surface area contributed by atoms with Crippen molar-refractivity contribution < 1.29 is 8.72 Å². The van der Waals surface area contributed by atoms with E-state index in [1.54, 1.807) is 4.67 Å². The average molecular weight is 153 g/mol. The highest BCUT2D eigenvalue weighted by molar-refractivity contribution is 7.44. The van der Waals surface area contributed by atoms with Gasteiger partial charge in [0.2, 0.25) is 0 Å². The molecule has 56 valence electrons. The second kappa shape index (κ2) is 5.10. The van der Waals surface area contributed by atoms with Crippen LogP contribution in [0.2, 0.25) is 0 Å². The number of halogens is 1. The lowest BCUT2D eigenvalue weighted by molar-refractivity contribution is 0.348. The van der Waals surface area contributed by atoms with E-state index in [1.807, 2.05) is 13.8 Å². The Labute approximate surface area is 57.0 Å². The summed E-state index contributed by atoms with van der Waals surface area (Å²) in [5, 5.41) is 0. The molecule has 1 atom stereocenters. The molecule has 0 radical (unpaired) electrons. The van der Waals surface area contributed by atoms with Crippen LogP contribution in [0, 0.1) is 0 Å². The first kappa shape index (κ1) is 9.28. The maximum absolute atomic E-state index is 12.6. The topological polar surface area (TPSA) is 12.5 Å². The molecule has 0 aromatic heterocycles. The minimum atomic E-state index is -1.81. The third-order valence-electron chi connectivity index (χ3n) is 1.10. The van der Waals surface area contributed by atoms with E-state index in [0.717, 1.165) is 0 Å². The van der Waals surface area contributed by atoms with Crippen LogP contribution in [0.3, 0.4) is 0 Å². The zero-order valence-corrected chi connectivity index (χ0v) is 6.99. The van der Waals surface area contributed by atoms with Crippen LogP contribution >= 0.6 is 8.61 Å². The zero-order chi connectivity index (χ0) is 7.28. The zero-order valence-electron chi connectivity index (χ0n) is 6.09. The largest absolute Gasteiger partial charge is 0.322 e. The van der Waals surface area contributed by atoms with Crippen molar-refractivity contribution in [3.05, 3.63) is 0 Å². The molecule has 0 bridgehead atoms. The number of rotatable bonds is 4. The van der Waals surface area contributed by atoms with Gasteiger partial charge in [-0.2, -0.15) is 4.20 Å². The molecule has 0 aliphatic rings. The molecule has 0 heterocycles. The van der Waals surface area contributed by atoms with Gasteiger partial charge in [-0.3, -0.25) is 0 Å².